The minimum Gasteiger partial charge on any atom is -0.302 e. The topological polar surface area (TPSA) is 3.24 Å². The Morgan fingerprint density at radius 3 is 1.50 bits per heavy atom. The normalized spacial score (nSPS) is 18.1. The summed E-state index contributed by atoms with van der Waals surface area (Å²) in [6.45, 7) is 9.69. The Morgan fingerprint density at radius 2 is 1.50 bits per heavy atom. The monoisotopic (exact) mass is 287 g/mol. The Balaban J connectivity index is 4.70. The van der Waals surface area contributed by atoms with Crippen LogP contribution in [0.5, 0.6) is 0 Å². The van der Waals surface area contributed by atoms with Crippen molar-refractivity contribution >= 4 is 41.3 Å². The standard InChI is InChI=1S/C7H22BrNSSi2/c1-10(2,3)9(11(4)8)12(5,6)7/h11H,1-7H3. The first kappa shape index (κ1) is 13.2. The average Bonchev–Trinajstić information content (AvgIpc) is 1.49. The third-order valence-corrected chi connectivity index (χ3v) is 17.5. The summed E-state index contributed by atoms with van der Waals surface area (Å²) >= 11 is 3.83. The molecule has 0 saturated carbocycles. The molecule has 1 unspecified atom stereocenters. The SMILES string of the molecule is C[SiH](Br)N([Si](C)(C)C)S(C)(C)C. The van der Waals surface area contributed by atoms with Gasteiger partial charge in [-0.3, -0.25) is 0 Å². The number of halogens is 1. The first-order valence-corrected chi connectivity index (χ1v) is 15.3. The fourth-order valence-electron chi connectivity index (χ4n) is 1.79. The van der Waals surface area contributed by atoms with E-state index in [-0.39, 0.29) is 0 Å². The van der Waals surface area contributed by atoms with E-state index in [1.807, 2.05) is 0 Å². The number of rotatable bonds is 3. The van der Waals surface area contributed by atoms with Crippen LogP contribution in [-0.4, -0.2) is 38.2 Å². The lowest BCUT2D eigenvalue weighted by atomic mass is 11.8. The predicted octanol–water partition coefficient (Wildman–Crippen LogP) is 2.98. The van der Waals surface area contributed by atoms with Crippen molar-refractivity contribution in [1.82, 2.24) is 3.64 Å². The van der Waals surface area contributed by atoms with Gasteiger partial charge in [0.1, 0.15) is 8.24 Å². The van der Waals surface area contributed by atoms with Gasteiger partial charge in [0.25, 0.3) is 0 Å². The Bertz CT molecular complexity index is 136. The Labute approximate surface area is 89.7 Å². The Morgan fingerprint density at radius 1 is 1.17 bits per heavy atom. The van der Waals surface area contributed by atoms with E-state index in [0.717, 1.165) is 0 Å². The zero-order chi connectivity index (χ0) is 10.2. The van der Waals surface area contributed by atoms with Crippen LogP contribution in [0, 0.1) is 0 Å². The maximum Gasteiger partial charge on any atom is 0.185 e. The summed E-state index contributed by atoms with van der Waals surface area (Å²) < 4.78 is 2.82. The maximum absolute atomic E-state index is 3.83. The highest BCUT2D eigenvalue weighted by atomic mass is 79.9. The minimum absolute atomic E-state index is 0.512. The van der Waals surface area contributed by atoms with Gasteiger partial charge in [-0.15, -0.1) is 15.3 Å². The molecule has 0 saturated heterocycles. The lowest BCUT2D eigenvalue weighted by molar-refractivity contribution is 1.04. The van der Waals surface area contributed by atoms with E-state index in [1.165, 1.54) is 0 Å². The van der Waals surface area contributed by atoms with Crippen molar-refractivity contribution in [3.05, 3.63) is 0 Å². The van der Waals surface area contributed by atoms with E-state index in [9.17, 15) is 0 Å². The van der Waals surface area contributed by atoms with Crippen molar-refractivity contribution in [2.75, 3.05) is 18.8 Å². The van der Waals surface area contributed by atoms with Gasteiger partial charge in [0.15, 0.2) is 7.58 Å². The van der Waals surface area contributed by atoms with Gasteiger partial charge in [-0.05, 0) is 25.3 Å². The number of hydrogen-bond donors (Lipinski definition) is 0. The van der Waals surface area contributed by atoms with Gasteiger partial charge in [-0.1, -0.05) is 19.6 Å². The van der Waals surface area contributed by atoms with Gasteiger partial charge in [0.2, 0.25) is 0 Å². The van der Waals surface area contributed by atoms with Crippen LogP contribution in [0.1, 0.15) is 0 Å². The molecule has 0 amide bonds. The van der Waals surface area contributed by atoms with Crippen LogP contribution in [0.25, 0.3) is 0 Å². The quantitative estimate of drug-likeness (QED) is 0.570. The molecule has 5 heteroatoms. The van der Waals surface area contributed by atoms with Crippen molar-refractivity contribution in [2.24, 2.45) is 0 Å². The van der Waals surface area contributed by atoms with E-state index >= 15 is 0 Å². The highest BCUT2D eigenvalue weighted by Gasteiger charge is 2.33. The van der Waals surface area contributed by atoms with Gasteiger partial charge in [-0.25, -0.2) is 10.2 Å². The van der Waals surface area contributed by atoms with Crippen LogP contribution in [0.3, 0.4) is 0 Å². The van der Waals surface area contributed by atoms with Gasteiger partial charge < -0.3 is 3.64 Å². The molecule has 0 heterocycles. The van der Waals surface area contributed by atoms with Crippen LogP contribution >= 0.6 is 25.5 Å². The van der Waals surface area contributed by atoms with Gasteiger partial charge in [-0.2, -0.15) is 0 Å². The third kappa shape index (κ3) is 3.95. The summed E-state index contributed by atoms with van der Waals surface area (Å²) in [6.07, 6.45) is 7.20. The predicted molar refractivity (Wildman–Crippen MR) is 72.5 cm³/mol. The largest absolute Gasteiger partial charge is 0.302 e. The number of hydrogen-bond acceptors (Lipinski definition) is 1. The second kappa shape index (κ2) is 4.17. The van der Waals surface area contributed by atoms with E-state index < -0.39 is 26.0 Å². The molecule has 0 aromatic carbocycles. The van der Waals surface area contributed by atoms with Crippen molar-refractivity contribution < 1.29 is 0 Å². The lowest BCUT2D eigenvalue weighted by Crippen LogP contribution is -2.51. The molecule has 0 spiro atoms. The van der Waals surface area contributed by atoms with E-state index in [1.54, 1.807) is 0 Å². The molecule has 76 valence electrons. The fraction of sp³-hybridized carbons (Fsp3) is 1.00. The summed E-state index contributed by atoms with van der Waals surface area (Å²) in [4.78, 5) is 0. The van der Waals surface area contributed by atoms with E-state index in [4.69, 9.17) is 0 Å². The molecular formula is C7H22BrNSSi2. The molecule has 0 fully saturated rings. The summed E-state index contributed by atoms with van der Waals surface area (Å²) in [5.74, 6) is 0. The Hall–Kier alpha value is 1.22. The van der Waals surface area contributed by atoms with Crippen molar-refractivity contribution in [2.45, 2.75) is 26.2 Å². The molecule has 0 radical (unpaired) electrons. The van der Waals surface area contributed by atoms with Crippen LogP contribution in [0.2, 0.25) is 26.2 Å². The van der Waals surface area contributed by atoms with Gasteiger partial charge >= 0.3 is 0 Å². The van der Waals surface area contributed by atoms with E-state index in [2.05, 4.69) is 63.9 Å². The lowest BCUT2D eigenvalue weighted by Gasteiger charge is -2.49. The zero-order valence-corrected chi connectivity index (χ0v) is 13.9. The molecule has 0 aliphatic carbocycles. The molecular weight excluding hydrogens is 266 g/mol. The molecule has 0 rings (SSSR count). The van der Waals surface area contributed by atoms with E-state index in [0.29, 0.717) is 0 Å². The second-order valence-corrected chi connectivity index (χ2v) is 20.5. The molecule has 0 aliphatic heterocycles. The highest BCUT2D eigenvalue weighted by Crippen LogP contribution is 2.45. The molecule has 12 heavy (non-hydrogen) atoms. The molecule has 0 aromatic rings. The van der Waals surface area contributed by atoms with Crippen LogP contribution in [0.15, 0.2) is 0 Å². The van der Waals surface area contributed by atoms with Crippen molar-refractivity contribution in [1.29, 1.82) is 0 Å². The molecule has 1 atom stereocenters. The molecule has 1 nitrogen and oxygen atoms in total. The first-order valence-electron chi connectivity index (χ1n) is 4.18. The minimum atomic E-state index is -1.10. The van der Waals surface area contributed by atoms with Gasteiger partial charge in [0.05, 0.1) is 0 Å². The summed E-state index contributed by atoms with van der Waals surface area (Å²) in [5.41, 5.74) is 0. The second-order valence-electron chi connectivity index (χ2n) is 4.84. The average molecular weight is 288 g/mol. The van der Waals surface area contributed by atoms with Crippen LogP contribution in [-0.2, 0) is 0 Å². The summed E-state index contributed by atoms with van der Waals surface area (Å²) in [5, 5.41) is 0. The van der Waals surface area contributed by atoms with Crippen LogP contribution in [0.4, 0.5) is 0 Å². The first-order chi connectivity index (χ1) is 5.07. The van der Waals surface area contributed by atoms with Gasteiger partial charge in [0, 0.05) is 0 Å². The smallest absolute Gasteiger partial charge is 0.185 e. The van der Waals surface area contributed by atoms with Crippen molar-refractivity contribution in [3.63, 3.8) is 0 Å². The zero-order valence-electron chi connectivity index (χ0n) is 9.31. The molecule has 0 aliphatic rings. The molecule has 0 aromatic heterocycles. The third-order valence-electron chi connectivity index (χ3n) is 1.57. The summed E-state index contributed by atoms with van der Waals surface area (Å²) in [6, 6.07) is 0. The summed E-state index contributed by atoms with van der Waals surface area (Å²) in [7, 11) is -2.40. The molecule has 0 bridgehead atoms. The van der Waals surface area contributed by atoms with Crippen molar-refractivity contribution in [3.8, 4) is 0 Å². The maximum atomic E-state index is 3.83. The van der Waals surface area contributed by atoms with Crippen LogP contribution < -0.4 is 0 Å². The Kier molecular flexibility index (Phi) is 4.59. The fourth-order valence-corrected chi connectivity index (χ4v) is 26.2. The molecule has 0 N–H and O–H groups in total. The highest BCUT2D eigenvalue weighted by molar-refractivity contribution is 9.24. The number of nitrogens with zero attached hydrogens (tertiary/aromatic N) is 1.